The van der Waals surface area contributed by atoms with Gasteiger partial charge in [-0.1, -0.05) is 6.92 Å². The van der Waals surface area contributed by atoms with Crippen molar-refractivity contribution < 1.29 is 4.79 Å². The van der Waals surface area contributed by atoms with E-state index in [9.17, 15) is 4.79 Å². The largest absolute Gasteiger partial charge is 0.357 e. The Balaban J connectivity index is 0.00000576. The standard InChI is InChI=1S/C17H36N6O.HI/c1-5-18-17(20-15-16(24)21(3)4)19-9-7-8-10-23-13-11-22(6-2)12-14-23;/h5-15H2,1-4H3,(H2,18,19,20);1H. The van der Waals surface area contributed by atoms with Crippen LogP contribution in [0.3, 0.4) is 0 Å². The molecule has 0 saturated carbocycles. The van der Waals surface area contributed by atoms with Crippen LogP contribution in [0.2, 0.25) is 0 Å². The van der Waals surface area contributed by atoms with Gasteiger partial charge in [0.2, 0.25) is 5.91 Å². The van der Waals surface area contributed by atoms with Gasteiger partial charge in [-0.25, -0.2) is 4.99 Å². The summed E-state index contributed by atoms with van der Waals surface area (Å²) in [6, 6.07) is 0. The number of amides is 1. The highest BCUT2D eigenvalue weighted by molar-refractivity contribution is 14.0. The first-order chi connectivity index (χ1) is 11.6. The first kappa shape index (κ1) is 24.4. The molecule has 1 saturated heterocycles. The number of piperazine rings is 1. The van der Waals surface area contributed by atoms with Crippen molar-refractivity contribution in [2.45, 2.75) is 26.7 Å². The Morgan fingerprint density at radius 2 is 1.68 bits per heavy atom. The molecule has 1 aliphatic heterocycles. The molecule has 8 heteroatoms. The molecule has 1 amide bonds. The van der Waals surface area contributed by atoms with Gasteiger partial charge >= 0.3 is 0 Å². The molecule has 1 fully saturated rings. The summed E-state index contributed by atoms with van der Waals surface area (Å²) in [4.78, 5) is 22.6. The third-order valence-electron chi connectivity index (χ3n) is 4.32. The fraction of sp³-hybridized carbons (Fsp3) is 0.882. The van der Waals surface area contributed by atoms with Crippen molar-refractivity contribution in [2.24, 2.45) is 4.99 Å². The summed E-state index contributed by atoms with van der Waals surface area (Å²) in [7, 11) is 3.50. The predicted octanol–water partition coefficient (Wildman–Crippen LogP) is 0.665. The van der Waals surface area contributed by atoms with E-state index in [0.717, 1.165) is 25.5 Å². The van der Waals surface area contributed by atoms with Gasteiger partial charge in [-0.15, -0.1) is 24.0 Å². The molecule has 0 aromatic heterocycles. The zero-order valence-electron chi connectivity index (χ0n) is 16.4. The summed E-state index contributed by atoms with van der Waals surface area (Å²) in [5.41, 5.74) is 0. The summed E-state index contributed by atoms with van der Waals surface area (Å²) in [5.74, 6) is 0.739. The molecule has 1 aliphatic rings. The lowest BCUT2D eigenvalue weighted by atomic mass is 10.2. The molecule has 0 bridgehead atoms. The number of nitrogens with one attached hydrogen (secondary N) is 2. The summed E-state index contributed by atoms with van der Waals surface area (Å²) >= 11 is 0. The molecule has 148 valence electrons. The second kappa shape index (κ2) is 14.5. The molecular weight excluding hydrogens is 431 g/mol. The van der Waals surface area contributed by atoms with Crippen LogP contribution in [-0.4, -0.2) is 99.6 Å². The number of aliphatic imine (C=N–C) groups is 1. The minimum absolute atomic E-state index is 0. The van der Waals surface area contributed by atoms with Crippen molar-refractivity contribution in [1.82, 2.24) is 25.3 Å². The molecule has 0 radical (unpaired) electrons. The minimum atomic E-state index is 0. The Morgan fingerprint density at radius 1 is 1.04 bits per heavy atom. The third kappa shape index (κ3) is 10.9. The highest BCUT2D eigenvalue weighted by atomic mass is 127. The molecule has 1 rings (SSSR count). The first-order valence-electron chi connectivity index (χ1n) is 9.23. The van der Waals surface area contributed by atoms with Crippen LogP contribution < -0.4 is 10.6 Å². The fourth-order valence-electron chi connectivity index (χ4n) is 2.63. The number of rotatable bonds is 9. The fourth-order valence-corrected chi connectivity index (χ4v) is 2.63. The van der Waals surface area contributed by atoms with E-state index in [2.05, 4.69) is 32.3 Å². The van der Waals surface area contributed by atoms with Gasteiger partial charge in [-0.2, -0.15) is 0 Å². The molecule has 0 aromatic carbocycles. The topological polar surface area (TPSA) is 63.2 Å². The van der Waals surface area contributed by atoms with E-state index < -0.39 is 0 Å². The van der Waals surface area contributed by atoms with Gasteiger partial charge in [0.15, 0.2) is 5.96 Å². The Kier molecular flexibility index (Phi) is 14.2. The highest BCUT2D eigenvalue weighted by Gasteiger charge is 2.14. The van der Waals surface area contributed by atoms with E-state index in [-0.39, 0.29) is 36.4 Å². The maximum Gasteiger partial charge on any atom is 0.243 e. The van der Waals surface area contributed by atoms with Crippen molar-refractivity contribution >= 4 is 35.8 Å². The van der Waals surface area contributed by atoms with E-state index in [4.69, 9.17) is 0 Å². The van der Waals surface area contributed by atoms with Crippen molar-refractivity contribution in [3.05, 3.63) is 0 Å². The lowest BCUT2D eigenvalue weighted by molar-refractivity contribution is -0.127. The average molecular weight is 468 g/mol. The number of hydrogen-bond acceptors (Lipinski definition) is 4. The van der Waals surface area contributed by atoms with Crippen molar-refractivity contribution in [3.63, 3.8) is 0 Å². The number of nitrogens with zero attached hydrogens (tertiary/aromatic N) is 4. The van der Waals surface area contributed by atoms with Gasteiger partial charge in [0.05, 0.1) is 0 Å². The zero-order chi connectivity index (χ0) is 17.8. The van der Waals surface area contributed by atoms with Gasteiger partial charge < -0.3 is 25.3 Å². The first-order valence-corrected chi connectivity index (χ1v) is 9.23. The summed E-state index contributed by atoms with van der Waals surface area (Å²) < 4.78 is 0. The molecule has 0 aromatic rings. The maximum atomic E-state index is 11.6. The van der Waals surface area contributed by atoms with Crippen LogP contribution in [0.25, 0.3) is 0 Å². The molecule has 0 aliphatic carbocycles. The zero-order valence-corrected chi connectivity index (χ0v) is 18.7. The summed E-state index contributed by atoms with van der Waals surface area (Å²) in [6.07, 6.45) is 2.30. The molecular formula is C17H37IN6O. The molecule has 2 N–H and O–H groups in total. The number of hydrogen-bond donors (Lipinski definition) is 2. The smallest absolute Gasteiger partial charge is 0.243 e. The molecule has 0 spiro atoms. The monoisotopic (exact) mass is 468 g/mol. The van der Waals surface area contributed by atoms with Crippen LogP contribution in [0, 0.1) is 0 Å². The van der Waals surface area contributed by atoms with Crippen LogP contribution in [0.15, 0.2) is 4.99 Å². The van der Waals surface area contributed by atoms with Crippen molar-refractivity contribution in [2.75, 3.05) is 73.0 Å². The Bertz CT molecular complexity index is 383. The van der Waals surface area contributed by atoms with E-state index in [1.807, 2.05) is 6.92 Å². The van der Waals surface area contributed by atoms with Crippen LogP contribution in [-0.2, 0) is 4.79 Å². The second-order valence-corrected chi connectivity index (χ2v) is 6.39. The predicted molar refractivity (Wildman–Crippen MR) is 116 cm³/mol. The molecule has 0 unspecified atom stereocenters. The van der Waals surface area contributed by atoms with E-state index in [1.165, 1.54) is 45.7 Å². The molecule has 25 heavy (non-hydrogen) atoms. The quantitative estimate of drug-likeness (QED) is 0.226. The average Bonchev–Trinajstić information content (AvgIpc) is 2.59. The number of guanidine groups is 1. The normalized spacial score (nSPS) is 16.2. The van der Waals surface area contributed by atoms with E-state index in [0.29, 0.717) is 0 Å². The van der Waals surface area contributed by atoms with E-state index in [1.54, 1.807) is 19.0 Å². The Hall–Kier alpha value is -0.610. The SMILES string of the molecule is CCNC(=NCC(=O)N(C)C)NCCCCN1CCN(CC)CC1.I. The van der Waals surface area contributed by atoms with Crippen LogP contribution in [0.4, 0.5) is 0 Å². The highest BCUT2D eigenvalue weighted by Crippen LogP contribution is 2.02. The number of halogens is 1. The number of carbonyl (C=O) groups excluding carboxylic acids is 1. The van der Waals surface area contributed by atoms with Gasteiger partial charge in [-0.3, -0.25) is 4.79 Å². The number of unbranched alkanes of at least 4 members (excludes halogenated alkanes) is 1. The summed E-state index contributed by atoms with van der Waals surface area (Å²) in [6.45, 7) is 13.3. The van der Waals surface area contributed by atoms with Crippen LogP contribution in [0.5, 0.6) is 0 Å². The Labute approximate surface area is 170 Å². The lowest BCUT2D eigenvalue weighted by Gasteiger charge is -2.34. The lowest BCUT2D eigenvalue weighted by Crippen LogP contribution is -2.46. The molecule has 7 nitrogen and oxygen atoms in total. The molecule has 1 heterocycles. The van der Waals surface area contributed by atoms with E-state index >= 15 is 0 Å². The summed E-state index contributed by atoms with van der Waals surface area (Å²) in [5, 5.41) is 6.49. The number of likely N-dealkylation sites (N-methyl/N-ethyl adjacent to an activating group) is 2. The van der Waals surface area contributed by atoms with Crippen molar-refractivity contribution in [3.8, 4) is 0 Å². The van der Waals surface area contributed by atoms with Crippen LogP contribution in [0.1, 0.15) is 26.7 Å². The van der Waals surface area contributed by atoms with Gasteiger partial charge in [-0.05, 0) is 32.9 Å². The minimum Gasteiger partial charge on any atom is -0.357 e. The molecule has 0 atom stereocenters. The van der Waals surface area contributed by atoms with Gasteiger partial charge in [0.25, 0.3) is 0 Å². The maximum absolute atomic E-state index is 11.6. The second-order valence-electron chi connectivity index (χ2n) is 6.39. The number of carbonyl (C=O) groups is 1. The Morgan fingerprint density at radius 3 is 2.24 bits per heavy atom. The van der Waals surface area contributed by atoms with Gasteiger partial charge in [0.1, 0.15) is 6.54 Å². The third-order valence-corrected chi connectivity index (χ3v) is 4.32. The van der Waals surface area contributed by atoms with Crippen molar-refractivity contribution in [1.29, 1.82) is 0 Å². The van der Waals surface area contributed by atoms with Gasteiger partial charge in [0, 0.05) is 53.4 Å². The van der Waals surface area contributed by atoms with Crippen LogP contribution >= 0.6 is 24.0 Å².